The fourth-order valence-corrected chi connectivity index (χ4v) is 6.58. The molecule has 10 nitrogen and oxygen atoms in total. The van der Waals surface area contributed by atoms with Crippen molar-refractivity contribution in [2.75, 3.05) is 32.1 Å². The van der Waals surface area contributed by atoms with E-state index in [-0.39, 0.29) is 24.9 Å². The molecule has 2 fully saturated rings. The van der Waals surface area contributed by atoms with Crippen LogP contribution in [0.4, 0.5) is 10.5 Å². The number of nitrogens with two attached hydrogens (primary N) is 1. The van der Waals surface area contributed by atoms with Gasteiger partial charge in [-0.1, -0.05) is 19.8 Å². The lowest BCUT2D eigenvalue weighted by atomic mass is 9.82. The molecular weight excluding hydrogens is 494 g/mol. The van der Waals surface area contributed by atoms with Gasteiger partial charge in [-0.05, 0) is 56.2 Å². The molecular formula is C26H37N5O5S. The number of nitrogens with one attached hydrogen (secondary N) is 1. The number of hydrogen-bond donors (Lipinski definition) is 2. The fourth-order valence-electron chi connectivity index (χ4n) is 5.41. The first kappa shape index (κ1) is 27.1. The number of aryl methyl sites for hydroxylation is 1. The molecule has 1 aliphatic carbocycles. The topological polar surface area (TPSA) is 134 Å². The van der Waals surface area contributed by atoms with Gasteiger partial charge < -0.3 is 15.8 Å². The third-order valence-electron chi connectivity index (χ3n) is 7.99. The maximum absolute atomic E-state index is 13.2. The molecule has 11 heteroatoms. The molecule has 3 aliphatic rings. The number of piperidine rings is 1. The zero-order valence-electron chi connectivity index (χ0n) is 22.0. The lowest BCUT2D eigenvalue weighted by Gasteiger charge is -2.34. The minimum atomic E-state index is -3.73. The van der Waals surface area contributed by atoms with E-state index in [9.17, 15) is 18.0 Å². The number of carbonyl (C=O) groups excluding carboxylic acids is 2. The summed E-state index contributed by atoms with van der Waals surface area (Å²) >= 11 is 0. The van der Waals surface area contributed by atoms with E-state index in [1.54, 1.807) is 26.1 Å². The zero-order valence-corrected chi connectivity index (χ0v) is 22.8. The summed E-state index contributed by atoms with van der Waals surface area (Å²) in [6.45, 7) is 4.50. The van der Waals surface area contributed by atoms with Crippen LogP contribution in [-0.2, 0) is 14.8 Å². The van der Waals surface area contributed by atoms with Crippen molar-refractivity contribution < 1.29 is 22.7 Å². The Labute approximate surface area is 219 Å². The number of primary amides is 1. The summed E-state index contributed by atoms with van der Waals surface area (Å²) in [4.78, 5) is 30.6. The van der Waals surface area contributed by atoms with Crippen LogP contribution < -0.4 is 20.7 Å². The van der Waals surface area contributed by atoms with Gasteiger partial charge in [0.15, 0.2) is 0 Å². The third kappa shape index (κ3) is 5.52. The van der Waals surface area contributed by atoms with E-state index in [1.807, 2.05) is 0 Å². The largest absolute Gasteiger partial charge is 0.496 e. The highest BCUT2D eigenvalue weighted by atomic mass is 32.2. The second kappa shape index (κ2) is 10.4. The lowest BCUT2D eigenvalue weighted by molar-refractivity contribution is -0.125. The maximum atomic E-state index is 13.2. The minimum Gasteiger partial charge on any atom is -0.496 e. The molecule has 2 heterocycles. The Hall–Kier alpha value is -2.92. The lowest BCUT2D eigenvalue weighted by Crippen LogP contribution is -2.50. The third-order valence-corrected chi connectivity index (χ3v) is 9.55. The van der Waals surface area contributed by atoms with Crippen LogP contribution in [0.3, 0.4) is 0 Å². The van der Waals surface area contributed by atoms with Gasteiger partial charge in [-0.15, -0.1) is 0 Å². The Morgan fingerprint density at radius 1 is 1.24 bits per heavy atom. The number of rotatable bonds is 6. The molecule has 0 aromatic heterocycles. The van der Waals surface area contributed by atoms with Gasteiger partial charge in [-0.2, -0.15) is 4.31 Å². The number of urea groups is 1. The van der Waals surface area contributed by atoms with Crippen molar-refractivity contribution >= 4 is 39.6 Å². The van der Waals surface area contributed by atoms with E-state index in [2.05, 4.69) is 12.2 Å². The predicted molar refractivity (Wildman–Crippen MR) is 144 cm³/mol. The molecule has 1 aromatic rings. The number of nitrogens with zero attached hydrogens (tertiary/aromatic N) is 3. The molecule has 37 heavy (non-hydrogen) atoms. The van der Waals surface area contributed by atoms with Crippen molar-refractivity contribution in [3.05, 3.63) is 28.7 Å². The van der Waals surface area contributed by atoms with Crippen LogP contribution in [0.2, 0.25) is 0 Å². The van der Waals surface area contributed by atoms with E-state index in [1.165, 1.54) is 27.8 Å². The number of anilines is 1. The standard InChI is InChI=1S/C26H37N5O5S/c1-17-5-7-19(8-6-17)23-28-24(32)26(29-23)10-12-31(13-11-26)37(34,35)14-9-21-18(2)15-20(16-22(21)36-4)30(3)25(27)33/h9,14-17,19H,5-8,10-13H2,1-4H3,(H2,27,33)(H,28,29,32)/b14-9+. The van der Waals surface area contributed by atoms with Crippen molar-refractivity contribution in [1.29, 1.82) is 0 Å². The highest BCUT2D eigenvalue weighted by molar-refractivity contribution is 7.92. The highest BCUT2D eigenvalue weighted by Gasteiger charge is 2.48. The normalized spacial score (nSPS) is 24.2. The van der Waals surface area contributed by atoms with Gasteiger partial charge in [-0.25, -0.2) is 13.2 Å². The van der Waals surface area contributed by atoms with Gasteiger partial charge in [0.05, 0.1) is 7.11 Å². The molecule has 1 spiro atoms. The van der Waals surface area contributed by atoms with Crippen LogP contribution in [0.5, 0.6) is 5.75 Å². The summed E-state index contributed by atoms with van der Waals surface area (Å²) < 4.78 is 33.2. The first-order valence-corrected chi connectivity index (χ1v) is 14.3. The summed E-state index contributed by atoms with van der Waals surface area (Å²) in [5.74, 6) is 2.11. The summed E-state index contributed by atoms with van der Waals surface area (Å²) in [5, 5.41) is 4.19. The Kier molecular flexibility index (Phi) is 7.66. The predicted octanol–water partition coefficient (Wildman–Crippen LogP) is 3.01. The Morgan fingerprint density at radius 2 is 1.89 bits per heavy atom. The molecule has 3 N–H and O–H groups in total. The number of amides is 3. The zero-order chi connectivity index (χ0) is 27.0. The van der Waals surface area contributed by atoms with Gasteiger partial charge in [0.25, 0.3) is 5.91 Å². The molecule has 202 valence electrons. The average Bonchev–Trinajstić information content (AvgIpc) is 3.18. The second-order valence-electron chi connectivity index (χ2n) is 10.5. The number of ether oxygens (including phenoxy) is 1. The Bertz CT molecular complexity index is 1230. The van der Waals surface area contributed by atoms with Gasteiger partial charge in [0.2, 0.25) is 10.0 Å². The van der Waals surface area contributed by atoms with Crippen molar-refractivity contribution in [1.82, 2.24) is 9.62 Å². The van der Waals surface area contributed by atoms with Crippen LogP contribution in [0.1, 0.15) is 56.6 Å². The first-order valence-electron chi connectivity index (χ1n) is 12.8. The van der Waals surface area contributed by atoms with Crippen LogP contribution in [-0.4, -0.2) is 63.3 Å². The summed E-state index contributed by atoms with van der Waals surface area (Å²) in [6, 6.07) is 2.76. The van der Waals surface area contributed by atoms with Gasteiger partial charge >= 0.3 is 6.03 Å². The fraction of sp³-hybridized carbons (Fsp3) is 0.577. The summed E-state index contributed by atoms with van der Waals surface area (Å²) in [5.41, 5.74) is 6.36. The van der Waals surface area contributed by atoms with Crippen LogP contribution in [0.15, 0.2) is 22.5 Å². The molecule has 0 bridgehead atoms. The number of benzene rings is 1. The van der Waals surface area contributed by atoms with Crippen LogP contribution in [0, 0.1) is 18.8 Å². The Morgan fingerprint density at radius 3 is 2.49 bits per heavy atom. The van der Waals surface area contributed by atoms with Crippen molar-refractivity contribution in [2.24, 2.45) is 22.6 Å². The van der Waals surface area contributed by atoms with Gasteiger partial charge in [0.1, 0.15) is 17.1 Å². The van der Waals surface area contributed by atoms with E-state index in [4.69, 9.17) is 15.5 Å². The monoisotopic (exact) mass is 531 g/mol. The number of carbonyl (C=O) groups is 2. The SMILES string of the molecule is COc1cc(N(C)C(N)=O)cc(C)c1/C=C/S(=O)(=O)N1CCC2(CC1)N=C(C1CCC(C)CC1)NC2=O. The number of aliphatic imine (C=N–C) groups is 1. The van der Waals surface area contributed by atoms with Gasteiger partial charge in [0, 0.05) is 48.8 Å². The van der Waals surface area contributed by atoms with Crippen LogP contribution >= 0.6 is 0 Å². The van der Waals surface area contributed by atoms with E-state index < -0.39 is 21.6 Å². The van der Waals surface area contributed by atoms with E-state index in [0.717, 1.165) is 37.1 Å². The molecule has 1 saturated heterocycles. The number of amidine groups is 1. The van der Waals surface area contributed by atoms with Gasteiger partial charge in [-0.3, -0.25) is 14.7 Å². The molecule has 1 saturated carbocycles. The summed E-state index contributed by atoms with van der Waals surface area (Å²) in [7, 11) is -0.706. The molecule has 0 radical (unpaired) electrons. The van der Waals surface area contributed by atoms with E-state index in [0.29, 0.717) is 35.8 Å². The first-order chi connectivity index (χ1) is 17.5. The molecule has 1 aromatic carbocycles. The average molecular weight is 532 g/mol. The smallest absolute Gasteiger partial charge is 0.318 e. The van der Waals surface area contributed by atoms with Crippen LogP contribution in [0.25, 0.3) is 6.08 Å². The van der Waals surface area contributed by atoms with E-state index >= 15 is 0 Å². The molecule has 4 rings (SSSR count). The second-order valence-corrected chi connectivity index (χ2v) is 12.3. The molecule has 0 unspecified atom stereocenters. The van der Waals surface area contributed by atoms with Crippen molar-refractivity contribution in [3.8, 4) is 5.75 Å². The summed E-state index contributed by atoms with van der Waals surface area (Å²) in [6.07, 6.45) is 6.56. The Balaban J connectivity index is 1.46. The number of sulfonamides is 1. The quantitative estimate of drug-likeness (QED) is 0.582. The molecule has 2 aliphatic heterocycles. The van der Waals surface area contributed by atoms with Crippen molar-refractivity contribution in [2.45, 2.75) is 57.9 Å². The number of methoxy groups -OCH3 is 1. The molecule has 0 atom stereocenters. The maximum Gasteiger partial charge on any atom is 0.318 e. The number of hydrogen-bond acceptors (Lipinski definition) is 6. The van der Waals surface area contributed by atoms with Crippen molar-refractivity contribution in [3.63, 3.8) is 0 Å². The minimum absolute atomic E-state index is 0.102. The highest BCUT2D eigenvalue weighted by Crippen LogP contribution is 2.36. The molecule has 3 amide bonds.